The lowest BCUT2D eigenvalue weighted by atomic mass is 10.1. The number of hydrogen-bond acceptors (Lipinski definition) is 2. The summed E-state index contributed by atoms with van der Waals surface area (Å²) in [7, 11) is 2.01. The Morgan fingerprint density at radius 1 is 1.06 bits per heavy atom. The van der Waals surface area contributed by atoms with Gasteiger partial charge < -0.3 is 10.6 Å². The largest absolute Gasteiger partial charge is 0.385 e. The summed E-state index contributed by atoms with van der Waals surface area (Å²) >= 11 is 0. The Labute approximate surface area is 98.4 Å². The van der Waals surface area contributed by atoms with Gasteiger partial charge in [-0.1, -0.05) is 6.07 Å². The van der Waals surface area contributed by atoms with Crippen molar-refractivity contribution in [2.45, 2.75) is 32.1 Å². The molecule has 88 valence electrons. The van der Waals surface area contributed by atoms with E-state index in [4.69, 9.17) is 0 Å². The highest BCUT2D eigenvalue weighted by atomic mass is 14.9. The van der Waals surface area contributed by atoms with E-state index in [-0.39, 0.29) is 0 Å². The predicted molar refractivity (Wildman–Crippen MR) is 70.1 cm³/mol. The van der Waals surface area contributed by atoms with Crippen molar-refractivity contribution in [3.63, 3.8) is 0 Å². The van der Waals surface area contributed by atoms with Crippen LogP contribution in [0.15, 0.2) is 18.2 Å². The molecule has 2 N–H and O–H groups in total. The molecule has 0 radical (unpaired) electrons. The molecule has 1 aromatic carbocycles. The molecule has 0 heterocycles. The summed E-state index contributed by atoms with van der Waals surface area (Å²) in [5.41, 5.74) is 4.41. The molecular formula is C14H22N2. The molecule has 0 aliphatic heterocycles. The van der Waals surface area contributed by atoms with E-state index in [1.54, 1.807) is 11.1 Å². The number of unbranched alkanes of at least 4 members (excludes halogenated alkanes) is 1. The Morgan fingerprint density at radius 2 is 1.88 bits per heavy atom. The molecule has 0 aromatic heterocycles. The van der Waals surface area contributed by atoms with Crippen LogP contribution in [-0.2, 0) is 12.8 Å². The molecule has 2 rings (SSSR count). The van der Waals surface area contributed by atoms with Crippen LogP contribution in [0.5, 0.6) is 0 Å². The van der Waals surface area contributed by atoms with Crippen LogP contribution >= 0.6 is 0 Å². The van der Waals surface area contributed by atoms with Crippen LogP contribution in [0, 0.1) is 0 Å². The van der Waals surface area contributed by atoms with Gasteiger partial charge in [0, 0.05) is 12.2 Å². The van der Waals surface area contributed by atoms with Crippen molar-refractivity contribution >= 4 is 5.69 Å². The third-order valence-corrected chi connectivity index (χ3v) is 3.28. The molecule has 1 aromatic rings. The lowest BCUT2D eigenvalue weighted by molar-refractivity contribution is 0.694. The van der Waals surface area contributed by atoms with Crippen LogP contribution in [0.4, 0.5) is 5.69 Å². The van der Waals surface area contributed by atoms with Gasteiger partial charge in [0.1, 0.15) is 0 Å². The fourth-order valence-electron chi connectivity index (χ4n) is 2.34. The fraction of sp³-hybridized carbons (Fsp3) is 0.571. The number of nitrogens with one attached hydrogen (secondary N) is 2. The Morgan fingerprint density at radius 3 is 2.75 bits per heavy atom. The molecule has 1 aliphatic rings. The maximum atomic E-state index is 3.51. The van der Waals surface area contributed by atoms with Gasteiger partial charge in [0.2, 0.25) is 0 Å². The van der Waals surface area contributed by atoms with Crippen LogP contribution < -0.4 is 10.6 Å². The quantitative estimate of drug-likeness (QED) is 0.717. The van der Waals surface area contributed by atoms with Gasteiger partial charge >= 0.3 is 0 Å². The molecular weight excluding hydrogens is 196 g/mol. The Bertz CT molecular complexity index is 334. The monoisotopic (exact) mass is 218 g/mol. The molecule has 0 atom stereocenters. The van der Waals surface area contributed by atoms with Crippen molar-refractivity contribution in [1.29, 1.82) is 0 Å². The topological polar surface area (TPSA) is 24.1 Å². The van der Waals surface area contributed by atoms with E-state index in [2.05, 4.69) is 28.8 Å². The fourth-order valence-corrected chi connectivity index (χ4v) is 2.34. The molecule has 1 aliphatic carbocycles. The maximum Gasteiger partial charge on any atom is 0.0343 e. The zero-order chi connectivity index (χ0) is 11.2. The summed E-state index contributed by atoms with van der Waals surface area (Å²) in [6, 6.07) is 6.85. The maximum absolute atomic E-state index is 3.51. The van der Waals surface area contributed by atoms with E-state index >= 15 is 0 Å². The second kappa shape index (κ2) is 5.90. The first-order valence-electron chi connectivity index (χ1n) is 6.40. The minimum atomic E-state index is 1.08. The van der Waals surface area contributed by atoms with Crippen LogP contribution in [0.25, 0.3) is 0 Å². The van der Waals surface area contributed by atoms with Gasteiger partial charge in [0.25, 0.3) is 0 Å². The van der Waals surface area contributed by atoms with E-state index in [9.17, 15) is 0 Å². The van der Waals surface area contributed by atoms with Gasteiger partial charge in [0.05, 0.1) is 0 Å². The minimum absolute atomic E-state index is 1.08. The summed E-state index contributed by atoms with van der Waals surface area (Å²) in [5, 5.41) is 6.68. The average molecular weight is 218 g/mol. The molecule has 2 nitrogen and oxygen atoms in total. The number of hydrogen-bond donors (Lipinski definition) is 2. The average Bonchev–Trinajstić information content (AvgIpc) is 2.76. The second-order valence-corrected chi connectivity index (χ2v) is 4.57. The van der Waals surface area contributed by atoms with E-state index in [0.717, 1.165) is 13.1 Å². The van der Waals surface area contributed by atoms with Crippen molar-refractivity contribution in [1.82, 2.24) is 5.32 Å². The van der Waals surface area contributed by atoms with Crippen molar-refractivity contribution in [3.8, 4) is 0 Å². The van der Waals surface area contributed by atoms with E-state index in [0.29, 0.717) is 0 Å². The second-order valence-electron chi connectivity index (χ2n) is 4.57. The predicted octanol–water partition coefficient (Wildman–Crippen LogP) is 2.59. The normalized spacial score (nSPS) is 13.8. The smallest absolute Gasteiger partial charge is 0.0343 e. The highest BCUT2D eigenvalue weighted by Crippen LogP contribution is 2.24. The first kappa shape index (κ1) is 11.5. The highest BCUT2D eigenvalue weighted by Gasteiger charge is 2.10. The molecule has 2 heteroatoms. The molecule has 0 amide bonds. The summed E-state index contributed by atoms with van der Waals surface area (Å²) in [6.07, 6.45) is 6.36. The van der Waals surface area contributed by atoms with Gasteiger partial charge in [-0.25, -0.2) is 0 Å². The van der Waals surface area contributed by atoms with Crippen molar-refractivity contribution in [3.05, 3.63) is 29.3 Å². The Hall–Kier alpha value is -1.02. The third kappa shape index (κ3) is 2.99. The molecule has 16 heavy (non-hydrogen) atoms. The molecule has 0 spiro atoms. The van der Waals surface area contributed by atoms with Crippen molar-refractivity contribution in [2.24, 2.45) is 0 Å². The standard InChI is InChI=1S/C14H22N2/c1-15-9-2-3-10-16-14-8-7-12-5-4-6-13(12)11-14/h7-8,11,15-16H,2-6,9-10H2,1H3. The van der Waals surface area contributed by atoms with Gasteiger partial charge in [-0.2, -0.15) is 0 Å². The lowest BCUT2D eigenvalue weighted by Gasteiger charge is -2.08. The summed E-state index contributed by atoms with van der Waals surface area (Å²) in [5.74, 6) is 0. The number of fused-ring (bicyclic) bond motifs is 1. The van der Waals surface area contributed by atoms with E-state index < -0.39 is 0 Å². The van der Waals surface area contributed by atoms with Crippen LogP contribution in [0.3, 0.4) is 0 Å². The van der Waals surface area contributed by atoms with Crippen LogP contribution in [0.1, 0.15) is 30.4 Å². The van der Waals surface area contributed by atoms with E-state index in [1.807, 2.05) is 7.05 Å². The minimum Gasteiger partial charge on any atom is -0.385 e. The van der Waals surface area contributed by atoms with Gasteiger partial charge in [0.15, 0.2) is 0 Å². The molecule has 0 bridgehead atoms. The van der Waals surface area contributed by atoms with Gasteiger partial charge in [-0.3, -0.25) is 0 Å². The molecule has 0 fully saturated rings. The van der Waals surface area contributed by atoms with Crippen LogP contribution in [-0.4, -0.2) is 20.1 Å². The number of rotatable bonds is 6. The number of benzene rings is 1. The zero-order valence-electron chi connectivity index (χ0n) is 10.2. The van der Waals surface area contributed by atoms with Crippen molar-refractivity contribution < 1.29 is 0 Å². The molecule has 0 unspecified atom stereocenters. The van der Waals surface area contributed by atoms with Gasteiger partial charge in [-0.05, 0) is 69.0 Å². The number of anilines is 1. The first-order chi connectivity index (χ1) is 7.90. The lowest BCUT2D eigenvalue weighted by Crippen LogP contribution is -2.10. The summed E-state index contributed by atoms with van der Waals surface area (Å²) in [4.78, 5) is 0. The summed E-state index contributed by atoms with van der Waals surface area (Å²) < 4.78 is 0. The highest BCUT2D eigenvalue weighted by molar-refractivity contribution is 5.50. The number of aryl methyl sites for hydroxylation is 2. The van der Waals surface area contributed by atoms with E-state index in [1.165, 1.54) is 37.8 Å². The summed E-state index contributed by atoms with van der Waals surface area (Å²) in [6.45, 7) is 2.20. The Balaban J connectivity index is 1.77. The third-order valence-electron chi connectivity index (χ3n) is 3.28. The van der Waals surface area contributed by atoms with Gasteiger partial charge in [-0.15, -0.1) is 0 Å². The Kier molecular flexibility index (Phi) is 4.23. The van der Waals surface area contributed by atoms with Crippen LogP contribution in [0.2, 0.25) is 0 Å². The first-order valence-corrected chi connectivity index (χ1v) is 6.40. The van der Waals surface area contributed by atoms with Crippen molar-refractivity contribution in [2.75, 3.05) is 25.5 Å². The molecule has 0 saturated carbocycles. The zero-order valence-corrected chi connectivity index (χ0v) is 10.2. The SMILES string of the molecule is CNCCCCNc1ccc2c(c1)CCC2. The molecule has 0 saturated heterocycles.